The predicted octanol–water partition coefficient (Wildman–Crippen LogP) is 6.12. The Morgan fingerprint density at radius 3 is 2.44 bits per heavy atom. The number of nitrogens with zero attached hydrogens (tertiary/aromatic N) is 4. The van der Waals surface area contributed by atoms with Crippen molar-refractivity contribution in [1.82, 2.24) is 15.1 Å². The van der Waals surface area contributed by atoms with E-state index in [9.17, 15) is 19.8 Å². The van der Waals surface area contributed by atoms with E-state index >= 15 is 0 Å². The lowest BCUT2D eigenvalue weighted by Crippen LogP contribution is -2.27. The number of hydrogen-bond donors (Lipinski definition) is 3. The Hall–Kier alpha value is -3.14. The molecule has 1 saturated carbocycles. The number of imide groups is 1. The van der Waals surface area contributed by atoms with Gasteiger partial charge in [-0.2, -0.15) is 5.10 Å². The first-order valence-electron chi connectivity index (χ1n) is 11.3. The highest BCUT2D eigenvalue weighted by Gasteiger charge is 2.32. The van der Waals surface area contributed by atoms with E-state index < -0.39 is 11.1 Å². The lowest BCUT2D eigenvalue weighted by Gasteiger charge is -2.37. The second-order valence-corrected chi connectivity index (χ2v) is 10.9. The lowest BCUT2D eigenvalue weighted by molar-refractivity contribution is -0.115. The van der Waals surface area contributed by atoms with Gasteiger partial charge in [0.1, 0.15) is 11.4 Å². The Bertz CT molecular complexity index is 1190. The molecule has 34 heavy (non-hydrogen) atoms. The summed E-state index contributed by atoms with van der Waals surface area (Å²) in [5.41, 5.74) is 1.87. The molecule has 1 saturated heterocycles. The number of amides is 2. The number of aryl methyl sites for hydroxylation is 1. The van der Waals surface area contributed by atoms with Crippen molar-refractivity contribution in [2.24, 2.45) is 21.6 Å². The van der Waals surface area contributed by atoms with Gasteiger partial charge in [-0.25, -0.2) is 4.68 Å². The summed E-state index contributed by atoms with van der Waals surface area (Å²) < 4.78 is 1.66. The van der Waals surface area contributed by atoms with Crippen LogP contribution in [0, 0.1) is 18.3 Å². The molecule has 2 aliphatic rings. The number of thioether (sulfide) groups is 1. The van der Waals surface area contributed by atoms with E-state index in [1.165, 1.54) is 12.1 Å². The average Bonchev–Trinajstić information content (AvgIpc) is 3.23. The van der Waals surface area contributed by atoms with E-state index in [0.29, 0.717) is 17.2 Å². The van der Waals surface area contributed by atoms with E-state index in [4.69, 9.17) is 0 Å². The van der Waals surface area contributed by atoms with Gasteiger partial charge >= 0.3 is 0 Å². The monoisotopic (exact) mass is 483 g/mol. The molecule has 1 aromatic carbocycles. The molecule has 1 aliphatic carbocycles. The van der Waals surface area contributed by atoms with Crippen LogP contribution in [0.15, 0.2) is 33.3 Å². The first-order valence-corrected chi connectivity index (χ1v) is 12.1. The Morgan fingerprint density at radius 1 is 1.15 bits per heavy atom. The number of aromatic nitrogens is 2. The molecule has 3 N–H and O–H groups in total. The van der Waals surface area contributed by atoms with Crippen LogP contribution in [0.3, 0.4) is 0 Å². The first-order chi connectivity index (χ1) is 16.0. The summed E-state index contributed by atoms with van der Waals surface area (Å²) in [5, 5.41) is 35.7. The van der Waals surface area contributed by atoms with E-state index in [2.05, 4.69) is 41.4 Å². The zero-order chi connectivity index (χ0) is 24.6. The number of carbonyl (C=O) groups excluding carboxylic acids is 2. The van der Waals surface area contributed by atoms with E-state index in [-0.39, 0.29) is 39.4 Å². The normalized spacial score (nSPS) is 22.6. The number of nitrogens with one attached hydrogen (secondary N) is 1. The van der Waals surface area contributed by atoms with Crippen molar-refractivity contribution in [1.29, 1.82) is 0 Å². The van der Waals surface area contributed by atoms with E-state index in [1.54, 1.807) is 23.7 Å². The summed E-state index contributed by atoms with van der Waals surface area (Å²) in [6, 6.07) is 4.76. The molecule has 1 aliphatic heterocycles. The van der Waals surface area contributed by atoms with Gasteiger partial charge in [-0.05, 0) is 79.5 Å². The largest absolute Gasteiger partial charge is 0.506 e. The van der Waals surface area contributed by atoms with Gasteiger partial charge in [0.15, 0.2) is 5.69 Å². The molecule has 0 bridgehead atoms. The number of phenols is 1. The molecule has 2 aromatic rings. The summed E-state index contributed by atoms with van der Waals surface area (Å²) in [5.74, 6) is 0.0339. The van der Waals surface area contributed by atoms with Crippen LogP contribution in [0.2, 0.25) is 0 Å². The van der Waals surface area contributed by atoms with Crippen molar-refractivity contribution in [2.75, 3.05) is 0 Å². The smallest absolute Gasteiger partial charge is 0.290 e. The fourth-order valence-electron chi connectivity index (χ4n) is 4.48. The summed E-state index contributed by atoms with van der Waals surface area (Å²) in [7, 11) is 0. The molecule has 2 fully saturated rings. The molecular weight excluding hydrogens is 454 g/mol. The zero-order valence-corrected chi connectivity index (χ0v) is 20.5. The number of benzene rings is 1. The van der Waals surface area contributed by atoms with Gasteiger partial charge in [0.05, 0.1) is 16.6 Å². The number of hydrogen-bond acceptors (Lipinski definition) is 8. The van der Waals surface area contributed by atoms with Crippen molar-refractivity contribution in [2.45, 2.75) is 59.4 Å². The van der Waals surface area contributed by atoms with Crippen molar-refractivity contribution in [3.8, 4) is 11.6 Å². The molecule has 9 nitrogen and oxygen atoms in total. The number of carbonyl (C=O) groups is 2. The molecule has 180 valence electrons. The third-order valence-electron chi connectivity index (χ3n) is 6.49. The van der Waals surface area contributed by atoms with Crippen LogP contribution in [-0.2, 0) is 4.79 Å². The molecule has 0 unspecified atom stereocenters. The van der Waals surface area contributed by atoms with Crippen LogP contribution in [-0.4, -0.2) is 31.1 Å². The average molecular weight is 484 g/mol. The highest BCUT2D eigenvalue weighted by molar-refractivity contribution is 8.18. The molecule has 2 heterocycles. The molecule has 1 aromatic heterocycles. The standard InChI is InChI=1S/C24H29N5O4S/c1-13-20(22(32)29(28-13)16-8-6-15(7-9-16)24(2,3)4)27-26-17-10-5-14(11-18(17)30)12-19-21(31)25-23(33)34-19/h5,10-12,15-16,30,32H,6-9H2,1-4H3,(H,25,31,33)/b19-12-,27-26+. The van der Waals surface area contributed by atoms with Gasteiger partial charge in [-0.3, -0.25) is 14.9 Å². The summed E-state index contributed by atoms with van der Waals surface area (Å²) in [4.78, 5) is 23.2. The lowest BCUT2D eigenvalue weighted by atomic mass is 9.71. The highest BCUT2D eigenvalue weighted by atomic mass is 32.2. The molecule has 4 rings (SSSR count). The fraction of sp³-hybridized carbons (Fsp3) is 0.458. The van der Waals surface area contributed by atoms with Crippen LogP contribution >= 0.6 is 11.8 Å². The Kier molecular flexibility index (Phi) is 6.53. The maximum Gasteiger partial charge on any atom is 0.290 e. The van der Waals surface area contributed by atoms with Gasteiger partial charge in [0, 0.05) is 0 Å². The minimum absolute atomic E-state index is 0.0183. The van der Waals surface area contributed by atoms with E-state index in [0.717, 1.165) is 37.4 Å². The van der Waals surface area contributed by atoms with Crippen LogP contribution in [0.25, 0.3) is 6.08 Å². The number of azo groups is 1. The molecule has 0 spiro atoms. The van der Waals surface area contributed by atoms with Crippen LogP contribution in [0.5, 0.6) is 11.6 Å². The van der Waals surface area contributed by atoms with E-state index in [1.807, 2.05) is 0 Å². The van der Waals surface area contributed by atoms with Crippen molar-refractivity contribution < 1.29 is 19.8 Å². The summed E-state index contributed by atoms with van der Waals surface area (Å²) >= 11 is 0.805. The highest BCUT2D eigenvalue weighted by Crippen LogP contribution is 2.44. The Labute approximate surface area is 202 Å². The maximum atomic E-state index is 11.7. The van der Waals surface area contributed by atoms with Crippen molar-refractivity contribution >= 4 is 40.4 Å². The first kappa shape index (κ1) is 24.0. The second kappa shape index (κ2) is 9.25. The van der Waals surface area contributed by atoms with Gasteiger partial charge in [-0.1, -0.05) is 26.8 Å². The second-order valence-electron chi connectivity index (χ2n) is 9.87. The Balaban J connectivity index is 1.49. The third-order valence-corrected chi connectivity index (χ3v) is 7.30. The molecule has 2 amide bonds. The topological polar surface area (TPSA) is 129 Å². The zero-order valence-electron chi connectivity index (χ0n) is 19.7. The van der Waals surface area contributed by atoms with Crippen molar-refractivity contribution in [3.63, 3.8) is 0 Å². The molecule has 0 radical (unpaired) electrons. The summed E-state index contributed by atoms with van der Waals surface area (Å²) in [6.07, 6.45) is 5.60. The van der Waals surface area contributed by atoms with Crippen LogP contribution in [0.4, 0.5) is 16.2 Å². The fourth-order valence-corrected chi connectivity index (χ4v) is 5.16. The number of aromatic hydroxyl groups is 2. The molecule has 0 atom stereocenters. The summed E-state index contributed by atoms with van der Waals surface area (Å²) in [6.45, 7) is 8.59. The minimum Gasteiger partial charge on any atom is -0.506 e. The van der Waals surface area contributed by atoms with Crippen LogP contribution < -0.4 is 5.32 Å². The minimum atomic E-state index is -0.465. The van der Waals surface area contributed by atoms with Gasteiger partial charge in [0.25, 0.3) is 11.1 Å². The van der Waals surface area contributed by atoms with Crippen LogP contribution in [0.1, 0.15) is 63.8 Å². The SMILES string of the molecule is Cc1nn(C2CCC(C(C)(C)C)CC2)c(O)c1/N=N/c1ccc(/C=C2\SC(=O)NC2=O)cc1O. The Morgan fingerprint density at radius 2 is 1.85 bits per heavy atom. The van der Waals surface area contributed by atoms with Gasteiger partial charge < -0.3 is 10.2 Å². The molecular formula is C24H29N5O4S. The predicted molar refractivity (Wildman–Crippen MR) is 130 cm³/mol. The van der Waals surface area contributed by atoms with Gasteiger partial charge in [-0.15, -0.1) is 10.2 Å². The quantitative estimate of drug-likeness (QED) is 0.355. The van der Waals surface area contributed by atoms with Gasteiger partial charge in [0.2, 0.25) is 5.88 Å². The number of rotatable bonds is 4. The third kappa shape index (κ3) is 5.01. The molecule has 10 heteroatoms. The maximum absolute atomic E-state index is 11.7. The number of phenolic OH excluding ortho intramolecular Hbond substituents is 1. The van der Waals surface area contributed by atoms with Crippen molar-refractivity contribution in [3.05, 3.63) is 34.4 Å².